The number of urea groups is 1. The first-order chi connectivity index (χ1) is 11.7. The SMILES string of the molecule is Cn1cnnc1C1CCCN1C(=O)NCCSc1ccccc1F. The number of benzene rings is 1. The smallest absolute Gasteiger partial charge is 0.318 e. The van der Waals surface area contributed by atoms with Crippen LogP contribution >= 0.6 is 11.8 Å². The molecule has 0 spiro atoms. The molecule has 1 saturated heterocycles. The lowest BCUT2D eigenvalue weighted by atomic mass is 10.2. The van der Waals surface area contributed by atoms with Crippen molar-refractivity contribution in [2.75, 3.05) is 18.8 Å². The fourth-order valence-corrected chi connectivity index (χ4v) is 3.66. The standard InChI is InChI=1S/C16H20FN5OS/c1-21-11-19-20-15(21)13-6-4-9-22(13)16(23)18-8-10-24-14-7-3-2-5-12(14)17/h2-3,5,7,11,13H,4,6,8-10H2,1H3,(H,18,23). The number of carbonyl (C=O) groups excluding carboxylic acids is 1. The summed E-state index contributed by atoms with van der Waals surface area (Å²) in [4.78, 5) is 14.8. The summed E-state index contributed by atoms with van der Waals surface area (Å²) in [6.45, 7) is 1.20. The van der Waals surface area contributed by atoms with Crippen LogP contribution in [0.4, 0.5) is 9.18 Å². The van der Waals surface area contributed by atoms with E-state index >= 15 is 0 Å². The van der Waals surface area contributed by atoms with E-state index in [0.717, 1.165) is 18.7 Å². The number of aromatic nitrogens is 3. The number of nitrogens with zero attached hydrogens (tertiary/aromatic N) is 4. The molecule has 2 amide bonds. The second-order valence-electron chi connectivity index (χ2n) is 5.66. The lowest BCUT2D eigenvalue weighted by Gasteiger charge is -2.24. The van der Waals surface area contributed by atoms with Gasteiger partial charge in [-0.1, -0.05) is 12.1 Å². The van der Waals surface area contributed by atoms with Crippen molar-refractivity contribution >= 4 is 17.8 Å². The highest BCUT2D eigenvalue weighted by Crippen LogP contribution is 2.30. The quantitative estimate of drug-likeness (QED) is 0.666. The lowest BCUT2D eigenvalue weighted by molar-refractivity contribution is 0.191. The van der Waals surface area contributed by atoms with Crippen molar-refractivity contribution in [3.05, 3.63) is 42.2 Å². The Balaban J connectivity index is 1.50. The highest BCUT2D eigenvalue weighted by Gasteiger charge is 2.32. The summed E-state index contributed by atoms with van der Waals surface area (Å²) < 4.78 is 15.4. The van der Waals surface area contributed by atoms with Gasteiger partial charge in [0.15, 0.2) is 5.82 Å². The zero-order valence-electron chi connectivity index (χ0n) is 13.5. The van der Waals surface area contributed by atoms with Crippen molar-refractivity contribution in [2.45, 2.75) is 23.8 Å². The third-order valence-electron chi connectivity index (χ3n) is 4.03. The van der Waals surface area contributed by atoms with Crippen LogP contribution in [0, 0.1) is 5.82 Å². The molecular formula is C16H20FN5OS. The second kappa shape index (κ2) is 7.65. The number of hydrogen-bond acceptors (Lipinski definition) is 4. The summed E-state index contributed by atoms with van der Waals surface area (Å²) in [6.07, 6.45) is 3.49. The Bertz CT molecular complexity index is 707. The number of halogens is 1. The molecule has 0 radical (unpaired) electrons. The number of carbonyl (C=O) groups is 1. The van der Waals surface area contributed by atoms with Crippen LogP contribution in [-0.4, -0.2) is 44.5 Å². The molecule has 6 nitrogen and oxygen atoms in total. The zero-order valence-corrected chi connectivity index (χ0v) is 14.3. The van der Waals surface area contributed by atoms with Gasteiger partial charge in [0.25, 0.3) is 0 Å². The van der Waals surface area contributed by atoms with Gasteiger partial charge in [0.2, 0.25) is 0 Å². The van der Waals surface area contributed by atoms with Crippen molar-refractivity contribution in [1.29, 1.82) is 0 Å². The van der Waals surface area contributed by atoms with Crippen molar-refractivity contribution in [3.63, 3.8) is 0 Å². The molecule has 1 fully saturated rings. The van der Waals surface area contributed by atoms with E-state index < -0.39 is 0 Å². The van der Waals surface area contributed by atoms with Crippen LogP contribution in [0.5, 0.6) is 0 Å². The van der Waals surface area contributed by atoms with Gasteiger partial charge in [-0.2, -0.15) is 0 Å². The first kappa shape index (κ1) is 16.8. The van der Waals surface area contributed by atoms with Crippen molar-refractivity contribution in [3.8, 4) is 0 Å². The predicted octanol–water partition coefficient (Wildman–Crippen LogP) is 2.59. The van der Waals surface area contributed by atoms with Crippen LogP contribution in [-0.2, 0) is 7.05 Å². The first-order valence-electron chi connectivity index (χ1n) is 7.92. The Kier molecular flexibility index (Phi) is 5.34. The predicted molar refractivity (Wildman–Crippen MR) is 90.2 cm³/mol. The molecule has 1 aliphatic heterocycles. The number of rotatable bonds is 5. The van der Waals surface area contributed by atoms with Gasteiger partial charge in [-0.25, -0.2) is 9.18 Å². The minimum atomic E-state index is -0.226. The van der Waals surface area contributed by atoms with E-state index in [0.29, 0.717) is 23.7 Å². The molecule has 8 heteroatoms. The summed E-state index contributed by atoms with van der Waals surface area (Å²) in [5, 5.41) is 10.9. The molecule has 3 rings (SSSR count). The highest BCUT2D eigenvalue weighted by atomic mass is 32.2. The van der Waals surface area contributed by atoms with E-state index in [1.807, 2.05) is 11.6 Å². The summed E-state index contributed by atoms with van der Waals surface area (Å²) in [5.74, 6) is 1.20. The molecule has 1 N–H and O–H groups in total. The number of amides is 2. The topological polar surface area (TPSA) is 63.1 Å². The van der Waals surface area contributed by atoms with E-state index in [2.05, 4.69) is 15.5 Å². The van der Waals surface area contributed by atoms with Gasteiger partial charge < -0.3 is 14.8 Å². The van der Waals surface area contributed by atoms with E-state index in [1.165, 1.54) is 17.8 Å². The van der Waals surface area contributed by atoms with E-state index in [1.54, 1.807) is 29.4 Å². The minimum Gasteiger partial charge on any atom is -0.337 e. The number of aryl methyl sites for hydroxylation is 1. The van der Waals surface area contributed by atoms with Crippen molar-refractivity contribution < 1.29 is 9.18 Å². The Morgan fingerprint density at radius 2 is 2.29 bits per heavy atom. The van der Waals surface area contributed by atoms with Gasteiger partial charge in [-0.05, 0) is 25.0 Å². The summed E-state index contributed by atoms with van der Waals surface area (Å²) in [5.41, 5.74) is 0. The van der Waals surface area contributed by atoms with Crippen LogP contribution in [0.1, 0.15) is 24.7 Å². The molecule has 24 heavy (non-hydrogen) atoms. The molecule has 1 aliphatic rings. The first-order valence-corrected chi connectivity index (χ1v) is 8.91. The largest absolute Gasteiger partial charge is 0.337 e. The molecule has 1 unspecified atom stereocenters. The van der Waals surface area contributed by atoms with Gasteiger partial charge in [-0.15, -0.1) is 22.0 Å². The zero-order chi connectivity index (χ0) is 16.9. The minimum absolute atomic E-state index is 0.0308. The highest BCUT2D eigenvalue weighted by molar-refractivity contribution is 7.99. The monoisotopic (exact) mass is 349 g/mol. The third-order valence-corrected chi connectivity index (χ3v) is 5.08. The van der Waals surface area contributed by atoms with Gasteiger partial charge in [0.1, 0.15) is 12.1 Å². The molecule has 128 valence electrons. The molecule has 2 heterocycles. The average Bonchev–Trinajstić information content (AvgIpc) is 3.21. The maximum atomic E-state index is 13.5. The van der Waals surface area contributed by atoms with Crippen LogP contribution in [0.3, 0.4) is 0 Å². The molecule has 1 aromatic heterocycles. The van der Waals surface area contributed by atoms with E-state index in [-0.39, 0.29) is 17.9 Å². The molecule has 0 aliphatic carbocycles. The Labute approximate surface area is 144 Å². The van der Waals surface area contributed by atoms with E-state index in [4.69, 9.17) is 0 Å². The molecular weight excluding hydrogens is 329 g/mol. The summed E-state index contributed by atoms with van der Waals surface area (Å²) in [6, 6.07) is 6.52. The molecule has 0 saturated carbocycles. The fraction of sp³-hybridized carbons (Fsp3) is 0.438. The van der Waals surface area contributed by atoms with Crippen LogP contribution < -0.4 is 5.32 Å². The van der Waals surface area contributed by atoms with Crippen LogP contribution in [0.25, 0.3) is 0 Å². The number of hydrogen-bond donors (Lipinski definition) is 1. The van der Waals surface area contributed by atoms with Crippen molar-refractivity contribution in [1.82, 2.24) is 25.0 Å². The van der Waals surface area contributed by atoms with E-state index in [9.17, 15) is 9.18 Å². The van der Waals surface area contributed by atoms with Gasteiger partial charge >= 0.3 is 6.03 Å². The second-order valence-corrected chi connectivity index (χ2v) is 6.80. The normalized spacial score (nSPS) is 17.2. The summed E-state index contributed by atoms with van der Waals surface area (Å²) >= 11 is 1.40. The summed E-state index contributed by atoms with van der Waals surface area (Å²) in [7, 11) is 1.88. The molecule has 2 aromatic rings. The number of nitrogens with one attached hydrogen (secondary N) is 1. The van der Waals surface area contributed by atoms with Crippen LogP contribution in [0.2, 0.25) is 0 Å². The lowest BCUT2D eigenvalue weighted by Crippen LogP contribution is -2.40. The Morgan fingerprint density at radius 1 is 1.46 bits per heavy atom. The Hall–Kier alpha value is -2.09. The van der Waals surface area contributed by atoms with Gasteiger partial charge in [-0.3, -0.25) is 0 Å². The fourth-order valence-electron chi connectivity index (χ4n) is 2.85. The maximum absolute atomic E-state index is 13.5. The molecule has 1 atom stereocenters. The van der Waals surface area contributed by atoms with Gasteiger partial charge in [0.05, 0.1) is 6.04 Å². The Morgan fingerprint density at radius 3 is 3.04 bits per heavy atom. The van der Waals surface area contributed by atoms with Gasteiger partial charge in [0, 0.05) is 30.8 Å². The molecule has 0 bridgehead atoms. The third kappa shape index (κ3) is 3.69. The molecule has 1 aromatic carbocycles. The van der Waals surface area contributed by atoms with Crippen molar-refractivity contribution in [2.24, 2.45) is 7.05 Å². The average molecular weight is 349 g/mol. The maximum Gasteiger partial charge on any atom is 0.318 e. The van der Waals surface area contributed by atoms with Crippen LogP contribution in [0.15, 0.2) is 35.5 Å². The number of thioether (sulfide) groups is 1. The number of likely N-dealkylation sites (tertiary alicyclic amines) is 1.